The van der Waals surface area contributed by atoms with Crippen LogP contribution in [0.15, 0.2) is 22.7 Å². The normalized spacial score (nSPS) is 11.5. The Morgan fingerprint density at radius 3 is 2.36 bits per heavy atom. The van der Waals surface area contributed by atoms with Crippen LogP contribution in [0.4, 0.5) is 4.39 Å². The Kier molecular flexibility index (Phi) is 4.35. The first-order valence-electron chi connectivity index (χ1n) is 7.18. The van der Waals surface area contributed by atoms with Crippen molar-refractivity contribution in [1.82, 2.24) is 10.3 Å². The number of hydrogen-bond acceptors (Lipinski definition) is 3. The van der Waals surface area contributed by atoms with Crippen LogP contribution in [-0.2, 0) is 12.0 Å². The molecule has 0 saturated carbocycles. The van der Waals surface area contributed by atoms with Gasteiger partial charge in [-0.15, -0.1) is 0 Å². The quantitative estimate of drug-likeness (QED) is 0.941. The molecule has 4 nitrogen and oxygen atoms in total. The average Bonchev–Trinajstić information content (AvgIpc) is 2.90. The summed E-state index contributed by atoms with van der Waals surface area (Å²) in [6.45, 7) is 9.57. The van der Waals surface area contributed by atoms with Crippen molar-refractivity contribution in [1.29, 1.82) is 0 Å². The van der Waals surface area contributed by atoms with Crippen LogP contribution in [0.3, 0.4) is 0 Å². The highest BCUT2D eigenvalue weighted by atomic mass is 19.1. The van der Waals surface area contributed by atoms with E-state index < -0.39 is 0 Å². The first-order valence-corrected chi connectivity index (χ1v) is 7.18. The summed E-state index contributed by atoms with van der Waals surface area (Å²) >= 11 is 0. The molecule has 1 aromatic carbocycles. The Balaban J connectivity index is 2.06. The van der Waals surface area contributed by atoms with Crippen molar-refractivity contribution >= 4 is 5.91 Å². The summed E-state index contributed by atoms with van der Waals surface area (Å²) in [4.78, 5) is 16.3. The third-order valence-corrected chi connectivity index (χ3v) is 3.39. The van der Waals surface area contributed by atoms with E-state index in [-0.39, 0.29) is 23.7 Å². The molecule has 0 radical (unpaired) electrons. The summed E-state index contributed by atoms with van der Waals surface area (Å²) in [7, 11) is 0. The van der Waals surface area contributed by atoms with Crippen LogP contribution < -0.4 is 5.32 Å². The number of carbonyl (C=O) groups is 1. The number of hydrogen-bond donors (Lipinski definition) is 1. The van der Waals surface area contributed by atoms with E-state index in [9.17, 15) is 9.18 Å². The molecule has 0 fully saturated rings. The van der Waals surface area contributed by atoms with E-state index in [1.807, 2.05) is 20.8 Å². The predicted octanol–water partition coefficient (Wildman–Crippen LogP) is 3.66. The Hall–Kier alpha value is -2.17. The van der Waals surface area contributed by atoms with E-state index in [4.69, 9.17) is 4.42 Å². The Labute approximate surface area is 129 Å². The molecule has 1 N–H and O–H groups in total. The van der Waals surface area contributed by atoms with Crippen molar-refractivity contribution in [2.75, 3.05) is 0 Å². The lowest BCUT2D eigenvalue weighted by atomic mass is 9.94. The molecule has 0 bridgehead atoms. The van der Waals surface area contributed by atoms with Gasteiger partial charge in [-0.25, -0.2) is 9.37 Å². The fourth-order valence-electron chi connectivity index (χ4n) is 2.07. The van der Waals surface area contributed by atoms with Crippen molar-refractivity contribution in [3.63, 3.8) is 0 Å². The summed E-state index contributed by atoms with van der Waals surface area (Å²) in [6.07, 6.45) is 1.67. The molecule has 1 heterocycles. The van der Waals surface area contributed by atoms with E-state index in [1.165, 1.54) is 12.1 Å². The third kappa shape index (κ3) is 3.53. The smallest absolute Gasteiger partial charge is 0.251 e. The second-order valence-electron chi connectivity index (χ2n) is 6.47. The van der Waals surface area contributed by atoms with Gasteiger partial charge in [0.05, 0.1) is 12.7 Å². The molecule has 118 valence electrons. The molecule has 0 atom stereocenters. The molecule has 2 aromatic rings. The molecule has 0 saturated heterocycles. The summed E-state index contributed by atoms with van der Waals surface area (Å²) in [5, 5.41) is 2.74. The van der Waals surface area contributed by atoms with Crippen LogP contribution in [0.5, 0.6) is 0 Å². The monoisotopic (exact) mass is 304 g/mol. The molecule has 22 heavy (non-hydrogen) atoms. The maximum Gasteiger partial charge on any atom is 0.251 e. The maximum atomic E-state index is 13.6. The fraction of sp³-hybridized carbons (Fsp3) is 0.412. The lowest BCUT2D eigenvalue weighted by molar-refractivity contribution is 0.0946. The number of amides is 1. The Bertz CT molecular complexity index is 676. The molecule has 1 amide bonds. The van der Waals surface area contributed by atoms with Crippen LogP contribution in [-0.4, -0.2) is 10.9 Å². The van der Waals surface area contributed by atoms with Gasteiger partial charge >= 0.3 is 0 Å². The van der Waals surface area contributed by atoms with Crippen molar-refractivity contribution in [2.24, 2.45) is 0 Å². The molecule has 0 spiro atoms. The zero-order valence-corrected chi connectivity index (χ0v) is 13.6. The number of nitrogens with one attached hydrogen (secondary N) is 1. The Morgan fingerprint density at radius 1 is 1.27 bits per heavy atom. The van der Waals surface area contributed by atoms with Crippen LogP contribution in [0.2, 0.25) is 0 Å². The van der Waals surface area contributed by atoms with E-state index in [2.05, 4.69) is 10.3 Å². The SMILES string of the molecule is Cc1cc(C(=O)NCc2ncc(C(C)(C)C)o2)cc(C)c1F. The van der Waals surface area contributed by atoms with E-state index in [1.54, 1.807) is 20.0 Å². The maximum absolute atomic E-state index is 13.6. The van der Waals surface area contributed by atoms with Crippen LogP contribution in [0, 0.1) is 19.7 Å². The highest BCUT2D eigenvalue weighted by Gasteiger charge is 2.19. The summed E-state index contributed by atoms with van der Waals surface area (Å²) in [5.41, 5.74) is 1.21. The Morgan fingerprint density at radius 2 is 1.86 bits per heavy atom. The fourth-order valence-corrected chi connectivity index (χ4v) is 2.07. The van der Waals surface area contributed by atoms with E-state index in [0.717, 1.165) is 5.76 Å². The van der Waals surface area contributed by atoms with Gasteiger partial charge in [-0.05, 0) is 37.1 Å². The lowest BCUT2D eigenvalue weighted by Crippen LogP contribution is -2.23. The van der Waals surface area contributed by atoms with E-state index in [0.29, 0.717) is 22.6 Å². The van der Waals surface area contributed by atoms with Crippen LogP contribution >= 0.6 is 0 Å². The van der Waals surface area contributed by atoms with Gasteiger partial charge < -0.3 is 9.73 Å². The molecular formula is C17H21FN2O2. The molecule has 0 unspecified atom stereocenters. The molecule has 0 aliphatic heterocycles. The number of nitrogens with zero attached hydrogens (tertiary/aromatic N) is 1. The van der Waals surface area contributed by atoms with Gasteiger partial charge in [0.15, 0.2) is 0 Å². The number of halogens is 1. The molecule has 0 aliphatic carbocycles. The van der Waals surface area contributed by atoms with Gasteiger partial charge in [-0.3, -0.25) is 4.79 Å². The second kappa shape index (κ2) is 5.91. The van der Waals surface area contributed by atoms with Crippen molar-refractivity contribution in [3.8, 4) is 0 Å². The van der Waals surface area contributed by atoms with Gasteiger partial charge in [0.25, 0.3) is 5.91 Å². The summed E-state index contributed by atoms with van der Waals surface area (Å²) < 4.78 is 19.2. The predicted molar refractivity (Wildman–Crippen MR) is 82.2 cm³/mol. The average molecular weight is 304 g/mol. The van der Waals surface area contributed by atoms with Crippen molar-refractivity contribution < 1.29 is 13.6 Å². The molecule has 0 aliphatic rings. The molecule has 5 heteroatoms. The number of carbonyl (C=O) groups excluding carboxylic acids is 1. The first kappa shape index (κ1) is 16.2. The minimum absolute atomic E-state index is 0.125. The van der Waals surface area contributed by atoms with E-state index >= 15 is 0 Å². The second-order valence-corrected chi connectivity index (χ2v) is 6.47. The first-order chi connectivity index (χ1) is 10.2. The standard InChI is InChI=1S/C17H21FN2O2/c1-10-6-12(7-11(2)15(10)18)16(21)20-9-14-19-8-13(22-14)17(3,4)5/h6-8H,9H2,1-5H3,(H,20,21). The highest BCUT2D eigenvalue weighted by molar-refractivity contribution is 5.94. The number of rotatable bonds is 3. The van der Waals surface area contributed by atoms with Gasteiger partial charge in [-0.2, -0.15) is 0 Å². The summed E-state index contributed by atoms with van der Waals surface area (Å²) in [5.74, 6) is 0.667. The molecular weight excluding hydrogens is 283 g/mol. The van der Waals surface area contributed by atoms with Crippen molar-refractivity contribution in [2.45, 2.75) is 46.6 Å². The minimum Gasteiger partial charge on any atom is -0.443 e. The number of aromatic nitrogens is 1. The van der Waals surface area contributed by atoms with Gasteiger partial charge in [0.2, 0.25) is 5.89 Å². The zero-order valence-electron chi connectivity index (χ0n) is 13.6. The van der Waals surface area contributed by atoms with Crippen LogP contribution in [0.25, 0.3) is 0 Å². The topological polar surface area (TPSA) is 55.1 Å². The van der Waals surface area contributed by atoms with Gasteiger partial charge in [0, 0.05) is 11.0 Å². The third-order valence-electron chi connectivity index (χ3n) is 3.39. The summed E-state index contributed by atoms with van der Waals surface area (Å²) in [6, 6.07) is 3.07. The molecule has 2 rings (SSSR count). The zero-order chi connectivity index (χ0) is 16.5. The number of oxazole rings is 1. The number of benzene rings is 1. The van der Waals surface area contributed by atoms with Gasteiger partial charge in [-0.1, -0.05) is 20.8 Å². The molecule has 1 aromatic heterocycles. The van der Waals surface area contributed by atoms with Gasteiger partial charge in [0.1, 0.15) is 11.6 Å². The number of aryl methyl sites for hydroxylation is 2. The van der Waals surface area contributed by atoms with Crippen molar-refractivity contribution in [3.05, 3.63) is 52.5 Å². The lowest BCUT2D eigenvalue weighted by Gasteiger charge is -2.13. The van der Waals surface area contributed by atoms with Crippen LogP contribution in [0.1, 0.15) is 53.9 Å². The highest BCUT2D eigenvalue weighted by Crippen LogP contribution is 2.22. The largest absolute Gasteiger partial charge is 0.443 e. The minimum atomic E-state index is -0.279.